The molecule has 6 heteroatoms. The molecular formula is C23H25N4O2. The molecule has 2 amide bonds. The third-order valence-corrected chi connectivity index (χ3v) is 5.32. The molecule has 3 aromatic rings. The van der Waals surface area contributed by atoms with Gasteiger partial charge in [0, 0.05) is 32.1 Å². The number of fused-ring (bicyclic) bond motifs is 2. The number of aromatic amines is 1. The number of carbonyl (C=O) groups is 2. The molecular weight excluding hydrogens is 364 g/mol. The lowest BCUT2D eigenvalue weighted by Gasteiger charge is -2.25. The van der Waals surface area contributed by atoms with E-state index in [9.17, 15) is 9.59 Å². The summed E-state index contributed by atoms with van der Waals surface area (Å²) in [6, 6.07) is 15.7. The summed E-state index contributed by atoms with van der Waals surface area (Å²) >= 11 is 0. The molecule has 0 spiro atoms. The quantitative estimate of drug-likeness (QED) is 0.703. The molecule has 1 N–H and O–H groups in total. The first-order valence-electron chi connectivity index (χ1n) is 10.0. The van der Waals surface area contributed by atoms with Crippen molar-refractivity contribution in [3.63, 3.8) is 0 Å². The van der Waals surface area contributed by atoms with Gasteiger partial charge in [-0.05, 0) is 43.0 Å². The molecule has 4 rings (SSSR count). The summed E-state index contributed by atoms with van der Waals surface area (Å²) in [6.45, 7) is 0.691. The van der Waals surface area contributed by atoms with Crippen LogP contribution in [0.25, 0.3) is 11.0 Å². The molecule has 0 saturated heterocycles. The van der Waals surface area contributed by atoms with E-state index >= 15 is 0 Å². The normalized spacial score (nSPS) is 14.0. The molecule has 0 saturated carbocycles. The maximum absolute atomic E-state index is 12.8. The Kier molecular flexibility index (Phi) is 5.60. The van der Waals surface area contributed by atoms with E-state index in [1.54, 1.807) is 16.8 Å². The first-order valence-corrected chi connectivity index (χ1v) is 10.0. The summed E-state index contributed by atoms with van der Waals surface area (Å²) in [7, 11) is 1.79. The second-order valence-electron chi connectivity index (χ2n) is 7.40. The Balaban J connectivity index is 1.35. The first kappa shape index (κ1) is 19.2. The number of anilines is 1. The van der Waals surface area contributed by atoms with Gasteiger partial charge in [-0.25, -0.2) is 4.98 Å². The van der Waals surface area contributed by atoms with E-state index in [1.807, 2.05) is 48.5 Å². The lowest BCUT2D eigenvalue weighted by Crippen LogP contribution is -2.41. The molecule has 0 atom stereocenters. The number of para-hydroxylation sites is 3. The number of hydrogen-bond donors (Lipinski definition) is 1. The fraction of sp³-hybridized carbons (Fsp3) is 0.304. The Labute approximate surface area is 170 Å². The molecule has 29 heavy (non-hydrogen) atoms. The minimum Gasteiger partial charge on any atom is -0.344 e. The van der Waals surface area contributed by atoms with E-state index in [1.165, 1.54) is 0 Å². The van der Waals surface area contributed by atoms with Crippen molar-refractivity contribution in [2.24, 2.45) is 0 Å². The van der Waals surface area contributed by atoms with Crippen LogP contribution in [0.3, 0.4) is 0 Å². The van der Waals surface area contributed by atoms with Crippen molar-refractivity contribution in [1.82, 2.24) is 14.9 Å². The van der Waals surface area contributed by atoms with Gasteiger partial charge in [-0.1, -0.05) is 30.3 Å². The molecule has 0 aliphatic carbocycles. The highest BCUT2D eigenvalue weighted by atomic mass is 16.2. The molecule has 0 fully saturated rings. The van der Waals surface area contributed by atoms with Gasteiger partial charge in [-0.3, -0.25) is 9.59 Å². The van der Waals surface area contributed by atoms with Crippen LogP contribution in [0.4, 0.5) is 5.69 Å². The molecule has 1 aliphatic heterocycles. The van der Waals surface area contributed by atoms with Gasteiger partial charge in [0.2, 0.25) is 11.8 Å². The summed E-state index contributed by atoms with van der Waals surface area (Å²) in [4.78, 5) is 36.5. The summed E-state index contributed by atoms with van der Waals surface area (Å²) in [5.41, 5.74) is 3.82. The number of aryl methyl sites for hydroxylation is 1. The van der Waals surface area contributed by atoms with Crippen LogP contribution in [0.2, 0.25) is 0 Å². The minimum absolute atomic E-state index is 0.00442. The monoisotopic (exact) mass is 389 g/mol. The van der Waals surface area contributed by atoms with Crippen molar-refractivity contribution in [1.29, 1.82) is 0 Å². The van der Waals surface area contributed by atoms with Crippen LogP contribution < -0.4 is 4.90 Å². The zero-order chi connectivity index (χ0) is 20.2. The molecule has 6 nitrogen and oxygen atoms in total. The van der Waals surface area contributed by atoms with Crippen molar-refractivity contribution in [2.75, 3.05) is 25.0 Å². The standard InChI is InChI=1S/C23H25N4O2/c1-26(15-7-13-21-24-18-10-3-4-11-19(18)25-21)23(29)16-27-20-12-5-2-8-17(20)9-6-14-22(27)28/h2-5,8-12H,6-7,13-16H2,1H3,(H,24,25). The number of hydrogen-bond acceptors (Lipinski definition) is 3. The lowest BCUT2D eigenvalue weighted by molar-refractivity contribution is -0.130. The van der Waals surface area contributed by atoms with Gasteiger partial charge in [0.05, 0.1) is 11.0 Å². The molecule has 2 heterocycles. The smallest absolute Gasteiger partial charge is 0.242 e. The zero-order valence-corrected chi connectivity index (χ0v) is 16.6. The van der Waals surface area contributed by atoms with E-state index in [4.69, 9.17) is 0 Å². The van der Waals surface area contributed by atoms with E-state index in [0.29, 0.717) is 19.4 Å². The Hall–Kier alpha value is -3.15. The van der Waals surface area contributed by atoms with Crippen LogP contribution in [0, 0.1) is 6.42 Å². The SMILES string of the molecule is CN(CCCc1nc2ccccc2[nH]1)C(=O)CN1C(=O)CC[CH]c2ccccc21. The number of amides is 2. The maximum atomic E-state index is 12.8. The van der Waals surface area contributed by atoms with E-state index in [-0.39, 0.29) is 18.4 Å². The van der Waals surface area contributed by atoms with E-state index in [2.05, 4.69) is 16.4 Å². The van der Waals surface area contributed by atoms with Crippen LogP contribution in [0.15, 0.2) is 48.5 Å². The third-order valence-electron chi connectivity index (χ3n) is 5.32. The van der Waals surface area contributed by atoms with Crippen LogP contribution >= 0.6 is 0 Å². The predicted molar refractivity (Wildman–Crippen MR) is 113 cm³/mol. The summed E-state index contributed by atoms with van der Waals surface area (Å²) in [5.74, 6) is 0.870. The molecule has 0 unspecified atom stereocenters. The average molecular weight is 389 g/mol. The van der Waals surface area contributed by atoms with E-state index < -0.39 is 0 Å². The van der Waals surface area contributed by atoms with Gasteiger partial charge in [0.15, 0.2) is 0 Å². The van der Waals surface area contributed by atoms with Gasteiger partial charge in [0.1, 0.15) is 12.4 Å². The highest BCUT2D eigenvalue weighted by Crippen LogP contribution is 2.27. The first-order chi connectivity index (χ1) is 14.1. The number of imidazole rings is 1. The van der Waals surface area contributed by atoms with Crippen molar-refractivity contribution >= 4 is 28.5 Å². The van der Waals surface area contributed by atoms with Gasteiger partial charge >= 0.3 is 0 Å². The lowest BCUT2D eigenvalue weighted by atomic mass is 10.1. The second-order valence-corrected chi connectivity index (χ2v) is 7.40. The van der Waals surface area contributed by atoms with E-state index in [0.717, 1.165) is 41.0 Å². The number of nitrogens with one attached hydrogen (secondary N) is 1. The Morgan fingerprint density at radius 1 is 1.17 bits per heavy atom. The number of aromatic nitrogens is 2. The maximum Gasteiger partial charge on any atom is 0.242 e. The fourth-order valence-corrected chi connectivity index (χ4v) is 3.69. The highest BCUT2D eigenvalue weighted by molar-refractivity contribution is 6.00. The number of nitrogens with zero attached hydrogens (tertiary/aromatic N) is 3. The molecule has 1 aliphatic rings. The minimum atomic E-state index is -0.0559. The number of carbonyl (C=O) groups excluding carboxylic acids is 2. The molecule has 0 bridgehead atoms. The molecule has 1 aromatic heterocycles. The molecule has 149 valence electrons. The van der Waals surface area contributed by atoms with Crippen LogP contribution in [-0.4, -0.2) is 46.8 Å². The zero-order valence-electron chi connectivity index (χ0n) is 16.6. The van der Waals surface area contributed by atoms with Crippen molar-refractivity contribution in [2.45, 2.75) is 25.7 Å². The Morgan fingerprint density at radius 2 is 1.97 bits per heavy atom. The number of rotatable bonds is 6. The predicted octanol–water partition coefficient (Wildman–Crippen LogP) is 3.33. The Morgan fingerprint density at radius 3 is 2.83 bits per heavy atom. The number of H-pyrrole nitrogens is 1. The van der Waals surface area contributed by atoms with Crippen LogP contribution in [0.5, 0.6) is 0 Å². The van der Waals surface area contributed by atoms with Crippen LogP contribution in [-0.2, 0) is 16.0 Å². The fourth-order valence-electron chi connectivity index (χ4n) is 3.69. The average Bonchev–Trinajstić information content (AvgIpc) is 3.07. The van der Waals surface area contributed by atoms with Crippen LogP contribution in [0.1, 0.15) is 30.7 Å². The second kappa shape index (κ2) is 8.47. The largest absolute Gasteiger partial charge is 0.344 e. The summed E-state index contributed by atoms with van der Waals surface area (Å²) in [5, 5.41) is 0. The number of benzene rings is 2. The Bertz CT molecular complexity index is 993. The molecule has 2 aromatic carbocycles. The van der Waals surface area contributed by atoms with Crippen molar-refractivity contribution < 1.29 is 9.59 Å². The topological polar surface area (TPSA) is 69.3 Å². The summed E-state index contributed by atoms with van der Waals surface area (Å²) in [6.07, 6.45) is 4.77. The van der Waals surface area contributed by atoms with Gasteiger partial charge in [0.25, 0.3) is 0 Å². The van der Waals surface area contributed by atoms with Gasteiger partial charge < -0.3 is 14.8 Å². The third kappa shape index (κ3) is 4.31. The van der Waals surface area contributed by atoms with Crippen molar-refractivity contribution in [3.05, 3.63) is 66.3 Å². The highest BCUT2D eigenvalue weighted by Gasteiger charge is 2.25. The molecule has 1 radical (unpaired) electrons. The number of likely N-dealkylation sites (N-methyl/N-ethyl adjacent to an activating group) is 1. The summed E-state index contributed by atoms with van der Waals surface area (Å²) < 4.78 is 0. The van der Waals surface area contributed by atoms with Gasteiger partial charge in [-0.2, -0.15) is 0 Å². The van der Waals surface area contributed by atoms with Crippen molar-refractivity contribution in [3.8, 4) is 0 Å². The van der Waals surface area contributed by atoms with Gasteiger partial charge in [-0.15, -0.1) is 0 Å².